The Kier molecular flexibility index (Phi) is 4.51. The van der Waals surface area contributed by atoms with Crippen LogP contribution in [-0.2, 0) is 7.05 Å². The lowest BCUT2D eigenvalue weighted by atomic mass is 9.96. The molecule has 0 saturated carbocycles. The summed E-state index contributed by atoms with van der Waals surface area (Å²) in [5.74, 6) is 2.18. The highest BCUT2D eigenvalue weighted by Crippen LogP contribution is 2.31. The third-order valence-corrected chi connectivity index (χ3v) is 5.18. The lowest BCUT2D eigenvalue weighted by molar-refractivity contribution is 0.0679. The monoisotopic (exact) mass is 370 g/mol. The molecule has 1 aliphatic heterocycles. The Morgan fingerprint density at radius 3 is 2.65 bits per heavy atom. The van der Waals surface area contributed by atoms with Crippen LogP contribution in [0.4, 0.5) is 0 Å². The number of aryl methyl sites for hydroxylation is 1. The van der Waals surface area contributed by atoms with Gasteiger partial charge in [0.05, 0.1) is 5.02 Å². The van der Waals surface area contributed by atoms with E-state index >= 15 is 0 Å². The Morgan fingerprint density at radius 2 is 1.96 bits per heavy atom. The van der Waals surface area contributed by atoms with Crippen molar-refractivity contribution in [2.45, 2.75) is 18.8 Å². The average Bonchev–Trinajstić information content (AvgIpc) is 3.31. The Bertz CT molecular complexity index is 925. The van der Waals surface area contributed by atoms with Gasteiger partial charge in [-0.15, -0.1) is 10.2 Å². The van der Waals surface area contributed by atoms with Gasteiger partial charge in [0.15, 0.2) is 5.76 Å². The minimum absolute atomic E-state index is 0.0836. The third-order valence-electron chi connectivity index (χ3n) is 4.85. The summed E-state index contributed by atoms with van der Waals surface area (Å²) in [6.07, 6.45) is 3.46. The zero-order chi connectivity index (χ0) is 18.1. The molecule has 0 unspecified atom stereocenters. The second-order valence-electron chi connectivity index (χ2n) is 6.51. The van der Waals surface area contributed by atoms with Crippen molar-refractivity contribution in [2.75, 3.05) is 13.1 Å². The Morgan fingerprint density at radius 1 is 1.19 bits per heavy atom. The normalized spacial score (nSPS) is 15.4. The van der Waals surface area contributed by atoms with E-state index in [9.17, 15) is 4.79 Å². The molecule has 1 fully saturated rings. The molecular weight excluding hydrogens is 352 g/mol. The molecule has 0 spiro atoms. The number of carbonyl (C=O) groups is 1. The number of hydrogen-bond acceptors (Lipinski definition) is 4. The number of halogens is 1. The molecule has 134 valence electrons. The molecule has 0 N–H and O–H groups in total. The van der Waals surface area contributed by atoms with Gasteiger partial charge in [-0.2, -0.15) is 0 Å². The van der Waals surface area contributed by atoms with Crippen molar-refractivity contribution in [3.05, 3.63) is 59.3 Å². The Hall–Kier alpha value is -2.60. The molecule has 7 heteroatoms. The standard InChI is InChI=1S/C19H19ClN4O2/c1-23-12-21-22-18(23)13-8-10-24(11-9-13)19(25)17-7-6-16(26-17)14-4-2-3-5-15(14)20/h2-7,12-13H,8-11H2,1H3. The van der Waals surface area contributed by atoms with Gasteiger partial charge in [-0.1, -0.05) is 23.7 Å². The number of nitrogens with zero attached hydrogens (tertiary/aromatic N) is 4. The van der Waals surface area contributed by atoms with E-state index in [4.69, 9.17) is 16.0 Å². The van der Waals surface area contributed by atoms with E-state index in [1.165, 1.54) is 0 Å². The van der Waals surface area contributed by atoms with Gasteiger partial charge in [0.1, 0.15) is 17.9 Å². The summed E-state index contributed by atoms with van der Waals surface area (Å²) in [6.45, 7) is 1.36. The van der Waals surface area contributed by atoms with Gasteiger partial charge in [-0.3, -0.25) is 4.79 Å². The minimum Gasteiger partial charge on any atom is -0.451 e. The molecule has 6 nitrogen and oxygen atoms in total. The molecule has 0 radical (unpaired) electrons. The summed E-state index contributed by atoms with van der Waals surface area (Å²) < 4.78 is 7.73. The van der Waals surface area contributed by atoms with Crippen LogP contribution in [0.3, 0.4) is 0 Å². The number of rotatable bonds is 3. The molecule has 3 aromatic rings. The van der Waals surface area contributed by atoms with Crippen molar-refractivity contribution in [1.29, 1.82) is 0 Å². The molecular formula is C19H19ClN4O2. The lowest BCUT2D eigenvalue weighted by Crippen LogP contribution is -2.38. The zero-order valence-corrected chi connectivity index (χ0v) is 15.2. The van der Waals surface area contributed by atoms with Crippen LogP contribution in [0.1, 0.15) is 35.1 Å². The number of hydrogen-bond donors (Lipinski definition) is 0. The van der Waals surface area contributed by atoms with E-state index in [0.717, 1.165) is 24.2 Å². The van der Waals surface area contributed by atoms with Crippen LogP contribution in [0.25, 0.3) is 11.3 Å². The van der Waals surface area contributed by atoms with E-state index in [0.29, 0.717) is 35.6 Å². The molecule has 1 aromatic carbocycles. The molecule has 1 aliphatic rings. The zero-order valence-electron chi connectivity index (χ0n) is 14.4. The van der Waals surface area contributed by atoms with Crippen molar-refractivity contribution in [3.8, 4) is 11.3 Å². The first-order valence-corrected chi connectivity index (χ1v) is 8.99. The quantitative estimate of drug-likeness (QED) is 0.704. The fourth-order valence-electron chi connectivity index (χ4n) is 3.42. The van der Waals surface area contributed by atoms with Crippen LogP contribution in [0.5, 0.6) is 0 Å². The van der Waals surface area contributed by atoms with Crippen molar-refractivity contribution < 1.29 is 9.21 Å². The smallest absolute Gasteiger partial charge is 0.289 e. The molecule has 1 amide bonds. The summed E-state index contributed by atoms with van der Waals surface area (Å²) in [7, 11) is 1.95. The average molecular weight is 371 g/mol. The van der Waals surface area contributed by atoms with E-state index in [1.807, 2.05) is 34.7 Å². The highest BCUT2D eigenvalue weighted by molar-refractivity contribution is 6.33. The first kappa shape index (κ1) is 16.8. The van der Waals surface area contributed by atoms with Crippen molar-refractivity contribution in [1.82, 2.24) is 19.7 Å². The maximum absolute atomic E-state index is 12.8. The summed E-state index contributed by atoms with van der Waals surface area (Å²) in [5.41, 5.74) is 0.786. The third kappa shape index (κ3) is 3.12. The minimum atomic E-state index is -0.0836. The first-order chi connectivity index (χ1) is 12.6. The lowest BCUT2D eigenvalue weighted by Gasteiger charge is -2.30. The molecule has 1 saturated heterocycles. The number of carbonyl (C=O) groups excluding carboxylic acids is 1. The van der Waals surface area contributed by atoms with Crippen LogP contribution in [-0.4, -0.2) is 38.7 Å². The molecule has 0 bridgehead atoms. The van der Waals surface area contributed by atoms with Crippen molar-refractivity contribution in [3.63, 3.8) is 0 Å². The fourth-order valence-corrected chi connectivity index (χ4v) is 3.65. The maximum atomic E-state index is 12.8. The number of benzene rings is 1. The first-order valence-electron chi connectivity index (χ1n) is 8.61. The highest BCUT2D eigenvalue weighted by Gasteiger charge is 2.28. The fraction of sp³-hybridized carbons (Fsp3) is 0.316. The molecule has 0 aliphatic carbocycles. The number of amides is 1. The van der Waals surface area contributed by atoms with Crippen molar-refractivity contribution in [2.24, 2.45) is 7.05 Å². The summed E-state index contributed by atoms with van der Waals surface area (Å²) in [5, 5.41) is 8.74. The van der Waals surface area contributed by atoms with Gasteiger partial charge in [-0.25, -0.2) is 0 Å². The predicted octanol–water partition coefficient (Wildman–Crippen LogP) is 3.75. The molecule has 2 aromatic heterocycles. The van der Waals surface area contributed by atoms with Crippen molar-refractivity contribution >= 4 is 17.5 Å². The van der Waals surface area contributed by atoms with Gasteiger partial charge in [0.2, 0.25) is 0 Å². The van der Waals surface area contributed by atoms with Crippen LogP contribution >= 0.6 is 11.6 Å². The van der Waals surface area contributed by atoms with E-state index in [2.05, 4.69) is 10.2 Å². The maximum Gasteiger partial charge on any atom is 0.289 e. The van der Waals surface area contributed by atoms with Gasteiger partial charge in [0, 0.05) is 31.6 Å². The van der Waals surface area contributed by atoms with E-state index in [1.54, 1.807) is 24.5 Å². The second kappa shape index (κ2) is 6.96. The number of furan rings is 1. The topological polar surface area (TPSA) is 64.2 Å². The highest BCUT2D eigenvalue weighted by atomic mass is 35.5. The van der Waals surface area contributed by atoms with Gasteiger partial charge in [-0.05, 0) is 37.1 Å². The Balaban J connectivity index is 1.45. The summed E-state index contributed by atoms with van der Waals surface area (Å²) >= 11 is 6.21. The van der Waals surface area contributed by atoms with E-state index < -0.39 is 0 Å². The largest absolute Gasteiger partial charge is 0.451 e. The number of likely N-dealkylation sites (tertiary alicyclic amines) is 1. The van der Waals surface area contributed by atoms with E-state index in [-0.39, 0.29) is 5.91 Å². The van der Waals surface area contributed by atoms with Crippen LogP contribution in [0, 0.1) is 0 Å². The second-order valence-corrected chi connectivity index (χ2v) is 6.92. The molecule has 3 heterocycles. The molecule has 4 rings (SSSR count). The molecule has 0 atom stereocenters. The Labute approximate surface area is 156 Å². The van der Waals surface area contributed by atoms with Gasteiger partial charge < -0.3 is 13.9 Å². The summed E-state index contributed by atoms with van der Waals surface area (Å²) in [6, 6.07) is 10.9. The number of aromatic nitrogens is 3. The predicted molar refractivity (Wildman–Crippen MR) is 98.0 cm³/mol. The SMILES string of the molecule is Cn1cnnc1C1CCN(C(=O)c2ccc(-c3ccccc3Cl)o2)CC1. The van der Waals surface area contributed by atoms with Crippen LogP contribution in [0.2, 0.25) is 5.02 Å². The van der Waals surface area contributed by atoms with Gasteiger partial charge >= 0.3 is 0 Å². The van der Waals surface area contributed by atoms with Gasteiger partial charge in [0.25, 0.3) is 5.91 Å². The number of piperidine rings is 1. The summed E-state index contributed by atoms with van der Waals surface area (Å²) in [4.78, 5) is 14.6. The van der Waals surface area contributed by atoms with Crippen LogP contribution < -0.4 is 0 Å². The molecule has 26 heavy (non-hydrogen) atoms. The van der Waals surface area contributed by atoms with Crippen LogP contribution in [0.15, 0.2) is 47.1 Å².